The van der Waals surface area contributed by atoms with Gasteiger partial charge in [0.1, 0.15) is 5.56 Å². The number of nitro benzene ring substituents is 1. The van der Waals surface area contributed by atoms with Crippen molar-refractivity contribution in [2.75, 3.05) is 16.2 Å². The van der Waals surface area contributed by atoms with Gasteiger partial charge in [0.05, 0.1) is 15.5 Å². The molecule has 3 aromatic carbocycles. The van der Waals surface area contributed by atoms with Crippen molar-refractivity contribution in [3.05, 3.63) is 94.0 Å². The van der Waals surface area contributed by atoms with E-state index in [4.69, 9.17) is 12.2 Å². The van der Waals surface area contributed by atoms with Gasteiger partial charge in [0.15, 0.2) is 5.11 Å². The molecule has 1 heterocycles. The minimum absolute atomic E-state index is 0.0813. The molecule has 0 saturated carbocycles. The summed E-state index contributed by atoms with van der Waals surface area (Å²) in [6.07, 6.45) is 0.655. The number of benzene rings is 3. The molecule has 0 atom stereocenters. The van der Waals surface area contributed by atoms with Gasteiger partial charge in [-0.05, 0) is 60.6 Å². The molecule has 0 aromatic heterocycles. The summed E-state index contributed by atoms with van der Waals surface area (Å²) in [6, 6.07) is 18.9. The highest BCUT2D eigenvalue weighted by Crippen LogP contribution is 2.32. The van der Waals surface area contributed by atoms with Gasteiger partial charge >= 0.3 is 0 Å². The van der Waals surface area contributed by atoms with Gasteiger partial charge in [-0.2, -0.15) is 0 Å². The number of fused-ring (bicyclic) bond motifs is 1. The van der Waals surface area contributed by atoms with Gasteiger partial charge in [0.25, 0.3) is 21.6 Å². The lowest BCUT2D eigenvalue weighted by Gasteiger charge is -2.19. The third-order valence-electron chi connectivity index (χ3n) is 5.12. The Hall–Kier alpha value is -3.83. The topological polar surface area (TPSA) is 122 Å². The monoisotopic (exact) mass is 482 g/mol. The minimum atomic E-state index is -3.73. The van der Waals surface area contributed by atoms with Crippen LogP contribution in [0.3, 0.4) is 0 Å². The standard InChI is InChI=1S/C22H18N4O5S2/c27-21(18-6-2-4-8-20(18)26(28)29)24-22(32)23-16-9-11-17(12-10-16)33(30,31)25-14-13-15-5-1-3-7-19(15)25/h1-12H,13-14H2,(H2,23,24,27,32). The number of nitro groups is 1. The maximum absolute atomic E-state index is 13.1. The highest BCUT2D eigenvalue weighted by atomic mass is 32.2. The van der Waals surface area contributed by atoms with Crippen molar-refractivity contribution in [1.82, 2.24) is 5.32 Å². The van der Waals surface area contributed by atoms with Crippen LogP contribution in [-0.4, -0.2) is 30.9 Å². The average molecular weight is 483 g/mol. The predicted molar refractivity (Wildman–Crippen MR) is 128 cm³/mol. The molecule has 0 fully saturated rings. The molecule has 168 valence electrons. The van der Waals surface area contributed by atoms with Gasteiger partial charge in [-0.15, -0.1) is 0 Å². The molecule has 3 aromatic rings. The lowest BCUT2D eigenvalue weighted by Crippen LogP contribution is -2.34. The van der Waals surface area contributed by atoms with Gasteiger partial charge in [-0.3, -0.25) is 24.5 Å². The van der Waals surface area contributed by atoms with Gasteiger partial charge in [-0.1, -0.05) is 30.3 Å². The summed E-state index contributed by atoms with van der Waals surface area (Å²) in [5.74, 6) is -0.730. The zero-order valence-corrected chi connectivity index (χ0v) is 18.7. The second-order valence-electron chi connectivity index (χ2n) is 7.16. The summed E-state index contributed by atoms with van der Waals surface area (Å²) in [7, 11) is -3.73. The molecular formula is C22H18N4O5S2. The number of rotatable bonds is 5. The fourth-order valence-electron chi connectivity index (χ4n) is 3.55. The first-order valence-corrected chi connectivity index (χ1v) is 11.7. The lowest BCUT2D eigenvalue weighted by atomic mass is 10.1. The molecule has 9 nitrogen and oxygen atoms in total. The van der Waals surface area contributed by atoms with E-state index in [1.165, 1.54) is 52.8 Å². The average Bonchev–Trinajstić information content (AvgIpc) is 3.24. The zero-order chi connectivity index (χ0) is 23.6. The number of thiocarbonyl (C=S) groups is 1. The van der Waals surface area contributed by atoms with E-state index in [1.54, 1.807) is 12.1 Å². The van der Waals surface area contributed by atoms with Crippen molar-refractivity contribution in [2.24, 2.45) is 0 Å². The number of carbonyl (C=O) groups excluding carboxylic acids is 1. The Bertz CT molecular complexity index is 1360. The van der Waals surface area contributed by atoms with Crippen LogP contribution in [0.1, 0.15) is 15.9 Å². The fraction of sp³-hybridized carbons (Fsp3) is 0.0909. The van der Waals surface area contributed by atoms with E-state index in [0.29, 0.717) is 24.3 Å². The highest BCUT2D eigenvalue weighted by Gasteiger charge is 2.30. The Morgan fingerprint density at radius 1 is 1.00 bits per heavy atom. The molecular weight excluding hydrogens is 464 g/mol. The summed E-state index contributed by atoms with van der Waals surface area (Å²) >= 11 is 5.12. The van der Waals surface area contributed by atoms with E-state index in [-0.39, 0.29) is 21.3 Å². The molecule has 33 heavy (non-hydrogen) atoms. The van der Waals surface area contributed by atoms with Crippen molar-refractivity contribution < 1.29 is 18.1 Å². The second-order valence-corrected chi connectivity index (χ2v) is 9.43. The van der Waals surface area contributed by atoms with Crippen molar-refractivity contribution in [3.8, 4) is 0 Å². The number of nitrogens with zero attached hydrogens (tertiary/aromatic N) is 2. The molecule has 11 heteroatoms. The minimum Gasteiger partial charge on any atom is -0.332 e. The number of sulfonamides is 1. The molecule has 1 amide bonds. The van der Waals surface area contributed by atoms with Crippen LogP contribution in [-0.2, 0) is 16.4 Å². The fourth-order valence-corrected chi connectivity index (χ4v) is 5.27. The number of anilines is 2. The smallest absolute Gasteiger partial charge is 0.282 e. The Labute approximate surface area is 195 Å². The largest absolute Gasteiger partial charge is 0.332 e. The number of hydrogen-bond acceptors (Lipinski definition) is 6. The maximum atomic E-state index is 13.1. The molecule has 4 rings (SSSR count). The number of carbonyl (C=O) groups is 1. The summed E-state index contributed by atoms with van der Waals surface area (Å²) in [5.41, 5.74) is 1.65. The van der Waals surface area contributed by atoms with Crippen LogP contribution in [0, 0.1) is 10.1 Å². The first kappa shape index (κ1) is 22.4. The summed E-state index contributed by atoms with van der Waals surface area (Å²) in [6.45, 7) is 0.378. The Balaban J connectivity index is 1.44. The predicted octanol–water partition coefficient (Wildman–Crippen LogP) is 3.47. The lowest BCUT2D eigenvalue weighted by molar-refractivity contribution is -0.385. The Morgan fingerprint density at radius 3 is 2.39 bits per heavy atom. The molecule has 0 saturated heterocycles. The van der Waals surface area contributed by atoms with E-state index < -0.39 is 20.9 Å². The van der Waals surface area contributed by atoms with Crippen LogP contribution in [0.15, 0.2) is 77.7 Å². The third kappa shape index (κ3) is 4.54. The van der Waals surface area contributed by atoms with Gasteiger partial charge in [0, 0.05) is 18.3 Å². The summed E-state index contributed by atoms with van der Waals surface area (Å²) < 4.78 is 27.6. The SMILES string of the molecule is O=C(NC(=S)Nc1ccc(S(=O)(=O)N2CCc3ccccc32)cc1)c1ccccc1[N+](=O)[O-]. The van der Waals surface area contributed by atoms with Crippen molar-refractivity contribution >= 4 is 50.3 Å². The molecule has 2 N–H and O–H groups in total. The molecule has 0 spiro atoms. The van der Waals surface area contributed by atoms with Crippen LogP contribution in [0.5, 0.6) is 0 Å². The maximum Gasteiger partial charge on any atom is 0.282 e. The van der Waals surface area contributed by atoms with E-state index in [9.17, 15) is 23.3 Å². The quantitative estimate of drug-likeness (QED) is 0.324. The molecule has 0 unspecified atom stereocenters. The van der Waals surface area contributed by atoms with Gasteiger partial charge in [0.2, 0.25) is 0 Å². The normalized spacial score (nSPS) is 12.7. The molecule has 1 aliphatic heterocycles. The van der Waals surface area contributed by atoms with E-state index in [2.05, 4.69) is 10.6 Å². The van der Waals surface area contributed by atoms with Crippen LogP contribution in [0.25, 0.3) is 0 Å². The first-order valence-electron chi connectivity index (χ1n) is 9.84. The number of hydrogen-bond donors (Lipinski definition) is 2. The summed E-state index contributed by atoms with van der Waals surface area (Å²) in [5, 5.41) is 16.2. The molecule has 0 aliphatic carbocycles. The number of para-hydroxylation sites is 2. The van der Waals surface area contributed by atoms with Crippen LogP contribution in [0.2, 0.25) is 0 Å². The van der Waals surface area contributed by atoms with E-state index >= 15 is 0 Å². The highest BCUT2D eigenvalue weighted by molar-refractivity contribution is 7.92. The Kier molecular flexibility index (Phi) is 6.07. The van der Waals surface area contributed by atoms with Crippen molar-refractivity contribution in [2.45, 2.75) is 11.3 Å². The van der Waals surface area contributed by atoms with Crippen LogP contribution >= 0.6 is 12.2 Å². The second kappa shape index (κ2) is 8.96. The molecule has 0 bridgehead atoms. The van der Waals surface area contributed by atoms with Crippen molar-refractivity contribution in [3.63, 3.8) is 0 Å². The molecule has 1 aliphatic rings. The van der Waals surface area contributed by atoms with E-state index in [0.717, 1.165) is 5.56 Å². The van der Waals surface area contributed by atoms with Crippen molar-refractivity contribution in [1.29, 1.82) is 0 Å². The van der Waals surface area contributed by atoms with Crippen LogP contribution < -0.4 is 14.9 Å². The number of amides is 1. The van der Waals surface area contributed by atoms with Gasteiger partial charge in [-0.25, -0.2) is 8.42 Å². The first-order chi connectivity index (χ1) is 15.8. The number of nitrogens with one attached hydrogen (secondary N) is 2. The Morgan fingerprint density at radius 2 is 1.67 bits per heavy atom. The molecule has 0 radical (unpaired) electrons. The third-order valence-corrected chi connectivity index (χ3v) is 7.15. The van der Waals surface area contributed by atoms with E-state index in [1.807, 2.05) is 12.1 Å². The zero-order valence-electron chi connectivity index (χ0n) is 17.1. The van der Waals surface area contributed by atoms with Gasteiger partial charge < -0.3 is 5.32 Å². The van der Waals surface area contributed by atoms with Crippen LogP contribution in [0.4, 0.5) is 17.1 Å². The summed E-state index contributed by atoms with van der Waals surface area (Å²) in [4.78, 5) is 23.0.